The van der Waals surface area contributed by atoms with Crippen molar-refractivity contribution in [3.05, 3.63) is 48.0 Å². The molecule has 1 unspecified atom stereocenters. The Labute approximate surface area is 106 Å². The van der Waals surface area contributed by atoms with Crippen LogP contribution in [-0.4, -0.2) is 23.3 Å². The maximum atomic E-state index is 5.77. The molecule has 1 atom stereocenters. The Balaban J connectivity index is 2.03. The number of nitrogens with one attached hydrogen (secondary N) is 1. The second-order valence-corrected chi connectivity index (χ2v) is 4.45. The fourth-order valence-electron chi connectivity index (χ4n) is 2.41. The zero-order valence-corrected chi connectivity index (χ0v) is 10.5. The number of ether oxygens (including phenoxy) is 1. The molecule has 4 heteroatoms. The van der Waals surface area contributed by atoms with E-state index in [1.165, 1.54) is 0 Å². The Morgan fingerprint density at radius 3 is 3.17 bits per heavy atom. The van der Waals surface area contributed by atoms with Crippen molar-refractivity contribution in [1.82, 2.24) is 14.9 Å². The first-order valence-corrected chi connectivity index (χ1v) is 6.32. The first-order chi connectivity index (χ1) is 8.90. The molecule has 2 aromatic rings. The van der Waals surface area contributed by atoms with Gasteiger partial charge >= 0.3 is 0 Å². The fraction of sp³-hybridized carbons (Fsp3) is 0.357. The zero-order valence-electron chi connectivity index (χ0n) is 10.5. The summed E-state index contributed by atoms with van der Waals surface area (Å²) in [5.41, 5.74) is 2.28. The van der Waals surface area contributed by atoms with Crippen LogP contribution in [0.15, 0.2) is 42.4 Å². The van der Waals surface area contributed by atoms with Crippen LogP contribution in [0.2, 0.25) is 0 Å². The molecule has 0 saturated carbocycles. The Hall–Kier alpha value is -1.81. The lowest BCUT2D eigenvalue weighted by molar-refractivity contribution is 0.170. The van der Waals surface area contributed by atoms with Gasteiger partial charge in [-0.15, -0.1) is 0 Å². The molecule has 1 N–H and O–H groups in total. The second-order valence-electron chi connectivity index (χ2n) is 4.45. The van der Waals surface area contributed by atoms with Gasteiger partial charge in [-0.1, -0.05) is 6.07 Å². The molecule has 3 heterocycles. The molecule has 0 radical (unpaired) electrons. The van der Waals surface area contributed by atoms with Gasteiger partial charge in [0.1, 0.15) is 5.76 Å². The summed E-state index contributed by atoms with van der Waals surface area (Å²) in [5, 5.41) is 7.70. The van der Waals surface area contributed by atoms with Crippen molar-refractivity contribution in [2.24, 2.45) is 0 Å². The normalized spacial score (nSPS) is 17.3. The second kappa shape index (κ2) is 4.82. The van der Waals surface area contributed by atoms with Crippen molar-refractivity contribution in [2.75, 3.05) is 13.7 Å². The Morgan fingerprint density at radius 1 is 1.44 bits per heavy atom. The van der Waals surface area contributed by atoms with Crippen LogP contribution < -0.4 is 5.32 Å². The molecular weight excluding hydrogens is 226 g/mol. The summed E-state index contributed by atoms with van der Waals surface area (Å²) in [4.78, 5) is 0. The molecule has 3 rings (SSSR count). The quantitative estimate of drug-likeness (QED) is 0.899. The van der Waals surface area contributed by atoms with E-state index in [4.69, 9.17) is 4.74 Å². The molecule has 1 aliphatic heterocycles. The fourth-order valence-corrected chi connectivity index (χ4v) is 2.41. The third-order valence-corrected chi connectivity index (χ3v) is 3.30. The number of aromatic nitrogens is 2. The van der Waals surface area contributed by atoms with Crippen molar-refractivity contribution >= 4 is 5.52 Å². The number of allylic oxidation sites excluding steroid dienone is 1. The van der Waals surface area contributed by atoms with Crippen LogP contribution in [0.4, 0.5) is 0 Å². The number of pyridine rings is 1. The molecule has 0 saturated heterocycles. The number of hydrogen-bond donors (Lipinski definition) is 1. The van der Waals surface area contributed by atoms with Gasteiger partial charge in [0.2, 0.25) is 0 Å². The van der Waals surface area contributed by atoms with Crippen LogP contribution in [0.25, 0.3) is 5.52 Å². The number of hydrogen-bond acceptors (Lipinski definition) is 3. The smallest absolute Gasteiger partial charge is 0.114 e. The Kier molecular flexibility index (Phi) is 3.02. The van der Waals surface area contributed by atoms with Crippen LogP contribution in [0.1, 0.15) is 24.4 Å². The van der Waals surface area contributed by atoms with Crippen molar-refractivity contribution in [3.8, 4) is 0 Å². The molecule has 0 amide bonds. The Morgan fingerprint density at radius 2 is 2.39 bits per heavy atom. The van der Waals surface area contributed by atoms with Gasteiger partial charge in [0, 0.05) is 11.8 Å². The maximum absolute atomic E-state index is 5.77. The predicted octanol–water partition coefficient (Wildman–Crippen LogP) is 2.29. The summed E-state index contributed by atoms with van der Waals surface area (Å²) in [5.74, 6) is 1.02. The summed E-state index contributed by atoms with van der Waals surface area (Å²) < 4.78 is 7.66. The minimum atomic E-state index is 0.0881. The van der Waals surface area contributed by atoms with Gasteiger partial charge in [-0.25, -0.2) is 4.52 Å². The van der Waals surface area contributed by atoms with E-state index in [1.807, 2.05) is 36.1 Å². The molecule has 2 aromatic heterocycles. The first-order valence-electron chi connectivity index (χ1n) is 6.32. The first kappa shape index (κ1) is 11.3. The van der Waals surface area contributed by atoms with Crippen LogP contribution in [0.5, 0.6) is 0 Å². The van der Waals surface area contributed by atoms with Crippen molar-refractivity contribution in [1.29, 1.82) is 0 Å². The lowest BCUT2D eigenvalue weighted by Gasteiger charge is -2.22. The van der Waals surface area contributed by atoms with E-state index < -0.39 is 0 Å². The molecule has 94 valence electrons. The van der Waals surface area contributed by atoms with Crippen molar-refractivity contribution in [2.45, 2.75) is 18.9 Å². The number of likely N-dealkylation sites (N-methyl/N-ethyl adjacent to an activating group) is 1. The highest BCUT2D eigenvalue weighted by Crippen LogP contribution is 2.28. The summed E-state index contributed by atoms with van der Waals surface area (Å²) in [7, 11) is 1.95. The monoisotopic (exact) mass is 243 g/mol. The minimum Gasteiger partial charge on any atom is -0.496 e. The third kappa shape index (κ3) is 1.88. The van der Waals surface area contributed by atoms with Gasteiger partial charge in [-0.2, -0.15) is 5.10 Å². The molecule has 0 spiro atoms. The van der Waals surface area contributed by atoms with E-state index in [1.54, 1.807) is 0 Å². The van der Waals surface area contributed by atoms with Gasteiger partial charge in [-0.05, 0) is 38.1 Å². The lowest BCUT2D eigenvalue weighted by atomic mass is 10.0. The Bertz CT molecular complexity index is 573. The molecule has 0 fully saturated rings. The van der Waals surface area contributed by atoms with E-state index in [-0.39, 0.29) is 6.04 Å². The van der Waals surface area contributed by atoms with Crippen LogP contribution in [0.3, 0.4) is 0 Å². The highest BCUT2D eigenvalue weighted by atomic mass is 16.5. The number of fused-ring (bicyclic) bond motifs is 1. The van der Waals surface area contributed by atoms with E-state index in [0.29, 0.717) is 0 Å². The van der Waals surface area contributed by atoms with Gasteiger partial charge in [0.25, 0.3) is 0 Å². The average molecular weight is 243 g/mol. The molecule has 18 heavy (non-hydrogen) atoms. The summed E-state index contributed by atoms with van der Waals surface area (Å²) >= 11 is 0. The summed E-state index contributed by atoms with van der Waals surface area (Å²) in [6.07, 6.45) is 8.25. The SMILES string of the molecule is CNC(C1=CCCCO1)c1cnn2ccccc12. The van der Waals surface area contributed by atoms with Crippen LogP contribution in [-0.2, 0) is 4.74 Å². The van der Waals surface area contributed by atoms with Crippen LogP contribution >= 0.6 is 0 Å². The van der Waals surface area contributed by atoms with Gasteiger partial charge < -0.3 is 10.1 Å². The van der Waals surface area contributed by atoms with Gasteiger partial charge in [0.15, 0.2) is 0 Å². The highest BCUT2D eigenvalue weighted by Gasteiger charge is 2.21. The maximum Gasteiger partial charge on any atom is 0.114 e. The van der Waals surface area contributed by atoms with Crippen molar-refractivity contribution < 1.29 is 4.74 Å². The number of nitrogens with zero attached hydrogens (tertiary/aromatic N) is 2. The third-order valence-electron chi connectivity index (χ3n) is 3.30. The largest absolute Gasteiger partial charge is 0.496 e. The minimum absolute atomic E-state index is 0.0881. The van der Waals surface area contributed by atoms with Gasteiger partial charge in [-0.3, -0.25) is 0 Å². The van der Waals surface area contributed by atoms with E-state index in [2.05, 4.69) is 22.6 Å². The van der Waals surface area contributed by atoms with Gasteiger partial charge in [0.05, 0.1) is 24.4 Å². The average Bonchev–Trinajstić information content (AvgIpc) is 2.85. The van der Waals surface area contributed by atoms with E-state index >= 15 is 0 Å². The number of rotatable bonds is 3. The lowest BCUT2D eigenvalue weighted by Crippen LogP contribution is -2.21. The molecule has 4 nitrogen and oxygen atoms in total. The molecule has 0 aliphatic carbocycles. The molecule has 1 aliphatic rings. The molecule has 0 bridgehead atoms. The zero-order chi connectivity index (χ0) is 12.4. The summed E-state index contributed by atoms with van der Waals surface area (Å²) in [6.45, 7) is 0.809. The topological polar surface area (TPSA) is 38.6 Å². The summed E-state index contributed by atoms with van der Waals surface area (Å²) in [6, 6.07) is 6.18. The predicted molar refractivity (Wildman–Crippen MR) is 70.3 cm³/mol. The highest BCUT2D eigenvalue weighted by molar-refractivity contribution is 5.56. The molecular formula is C14H17N3O. The standard InChI is InChI=1S/C14H17N3O/c1-15-14(13-7-3-5-9-18-13)11-10-16-17-8-4-2-6-12(11)17/h2,4,6-8,10,14-15H,3,5,9H2,1H3. The molecule has 0 aromatic carbocycles. The van der Waals surface area contributed by atoms with E-state index in [9.17, 15) is 0 Å². The van der Waals surface area contributed by atoms with E-state index in [0.717, 1.165) is 36.3 Å². The van der Waals surface area contributed by atoms with Crippen LogP contribution in [0, 0.1) is 0 Å². The van der Waals surface area contributed by atoms with Crippen molar-refractivity contribution in [3.63, 3.8) is 0 Å².